The zero-order chi connectivity index (χ0) is 20.4. The molecule has 3 aromatic carbocycles. The Hall–Kier alpha value is -3.71. The van der Waals surface area contributed by atoms with E-state index in [9.17, 15) is 20.1 Å². The number of carbonyl (C=O) groups excluding carboxylic acids is 1. The van der Waals surface area contributed by atoms with Crippen LogP contribution in [0.25, 0.3) is 6.08 Å². The van der Waals surface area contributed by atoms with Crippen molar-refractivity contribution in [1.29, 1.82) is 0 Å². The van der Waals surface area contributed by atoms with Gasteiger partial charge in [0.05, 0.1) is 16.3 Å². The van der Waals surface area contributed by atoms with Crippen LogP contribution in [0.3, 0.4) is 0 Å². The number of anilines is 1. The lowest BCUT2D eigenvalue weighted by molar-refractivity contribution is -0.113. The zero-order valence-electron chi connectivity index (χ0n) is 15.1. The van der Waals surface area contributed by atoms with Crippen LogP contribution in [0.1, 0.15) is 5.56 Å². The van der Waals surface area contributed by atoms with Crippen LogP contribution in [-0.2, 0) is 4.79 Å². The molecular weight excluding hydrogens is 388 g/mol. The molecule has 0 spiro atoms. The van der Waals surface area contributed by atoms with Crippen LogP contribution in [-0.4, -0.2) is 26.4 Å². The van der Waals surface area contributed by atoms with E-state index in [-0.39, 0.29) is 23.2 Å². The van der Waals surface area contributed by atoms with Gasteiger partial charge in [0.1, 0.15) is 17.2 Å². The molecule has 0 aliphatic carbocycles. The maximum absolute atomic E-state index is 13.1. The van der Waals surface area contributed by atoms with Crippen molar-refractivity contribution in [3.63, 3.8) is 0 Å². The third-order valence-electron chi connectivity index (χ3n) is 4.18. The number of phenols is 3. The standard InChI is InChI=1S/C22H16N2O4S/c25-17-7-1-14(2-8-17)13-20-21(28)24(16-5-11-19(27)12-6-16)22(29-20)23-15-3-9-18(26)10-4-15/h1-13,25-27H/b20-13+,23-22?. The molecule has 3 aromatic rings. The van der Waals surface area contributed by atoms with Crippen molar-refractivity contribution in [1.82, 2.24) is 0 Å². The van der Waals surface area contributed by atoms with E-state index < -0.39 is 0 Å². The van der Waals surface area contributed by atoms with Gasteiger partial charge in [0, 0.05) is 0 Å². The number of aromatic hydroxyl groups is 3. The fourth-order valence-electron chi connectivity index (χ4n) is 2.74. The van der Waals surface area contributed by atoms with Crippen LogP contribution >= 0.6 is 11.8 Å². The van der Waals surface area contributed by atoms with Gasteiger partial charge in [-0.15, -0.1) is 0 Å². The minimum Gasteiger partial charge on any atom is -0.508 e. The van der Waals surface area contributed by atoms with Crippen LogP contribution in [0.4, 0.5) is 11.4 Å². The molecule has 0 radical (unpaired) electrons. The molecule has 1 amide bonds. The number of amides is 1. The molecule has 0 saturated carbocycles. The number of carbonyl (C=O) groups is 1. The Balaban J connectivity index is 1.76. The molecule has 0 bridgehead atoms. The van der Waals surface area contributed by atoms with Crippen molar-refractivity contribution in [2.45, 2.75) is 0 Å². The molecule has 1 fully saturated rings. The first-order valence-corrected chi connectivity index (χ1v) is 9.51. The first-order chi connectivity index (χ1) is 14.0. The predicted octanol–water partition coefficient (Wildman–Crippen LogP) is 4.61. The summed E-state index contributed by atoms with van der Waals surface area (Å²) >= 11 is 1.22. The predicted molar refractivity (Wildman–Crippen MR) is 114 cm³/mol. The van der Waals surface area contributed by atoms with Crippen LogP contribution < -0.4 is 4.90 Å². The van der Waals surface area contributed by atoms with Gasteiger partial charge in [0.2, 0.25) is 0 Å². The number of phenolic OH excluding ortho intramolecular Hbond substituents is 3. The molecule has 29 heavy (non-hydrogen) atoms. The molecule has 0 atom stereocenters. The summed E-state index contributed by atoms with van der Waals surface area (Å²) in [6.45, 7) is 0. The zero-order valence-corrected chi connectivity index (χ0v) is 15.9. The van der Waals surface area contributed by atoms with Gasteiger partial charge in [-0.05, 0) is 84.1 Å². The Morgan fingerprint density at radius 1 is 0.759 bits per heavy atom. The van der Waals surface area contributed by atoms with Gasteiger partial charge in [-0.3, -0.25) is 9.69 Å². The van der Waals surface area contributed by atoms with Crippen LogP contribution in [0.5, 0.6) is 17.2 Å². The van der Waals surface area contributed by atoms with Gasteiger partial charge in [0.15, 0.2) is 5.17 Å². The van der Waals surface area contributed by atoms with E-state index in [1.807, 2.05) is 0 Å². The molecule has 3 N–H and O–H groups in total. The Morgan fingerprint density at radius 2 is 1.28 bits per heavy atom. The average molecular weight is 404 g/mol. The van der Waals surface area contributed by atoms with Gasteiger partial charge in [-0.2, -0.15) is 0 Å². The molecule has 1 aliphatic rings. The summed E-state index contributed by atoms with van der Waals surface area (Å²) in [5.74, 6) is 0.140. The van der Waals surface area contributed by atoms with E-state index in [1.54, 1.807) is 54.6 Å². The van der Waals surface area contributed by atoms with Crippen LogP contribution in [0, 0.1) is 0 Å². The largest absolute Gasteiger partial charge is 0.508 e. The second kappa shape index (κ2) is 7.73. The number of hydrogen-bond acceptors (Lipinski definition) is 6. The van der Waals surface area contributed by atoms with Crippen molar-refractivity contribution in [3.05, 3.63) is 83.3 Å². The highest BCUT2D eigenvalue weighted by Crippen LogP contribution is 2.38. The molecule has 0 aromatic heterocycles. The first kappa shape index (κ1) is 18.6. The van der Waals surface area contributed by atoms with Crippen LogP contribution in [0.2, 0.25) is 0 Å². The lowest BCUT2D eigenvalue weighted by Crippen LogP contribution is -2.28. The highest BCUT2D eigenvalue weighted by Gasteiger charge is 2.34. The molecule has 6 nitrogen and oxygen atoms in total. The smallest absolute Gasteiger partial charge is 0.271 e. The Kier molecular flexibility index (Phi) is 4.97. The van der Waals surface area contributed by atoms with Gasteiger partial charge >= 0.3 is 0 Å². The summed E-state index contributed by atoms with van der Waals surface area (Å²) in [5.41, 5.74) is 1.94. The summed E-state index contributed by atoms with van der Waals surface area (Å²) in [7, 11) is 0. The summed E-state index contributed by atoms with van der Waals surface area (Å²) in [5, 5.41) is 28.9. The number of benzene rings is 3. The normalized spacial score (nSPS) is 16.7. The van der Waals surface area contributed by atoms with E-state index >= 15 is 0 Å². The minimum atomic E-state index is -0.244. The SMILES string of the molecule is O=C1/C(=C\c2ccc(O)cc2)SC(=Nc2ccc(O)cc2)N1c1ccc(O)cc1. The van der Waals surface area contributed by atoms with E-state index in [0.29, 0.717) is 21.4 Å². The maximum atomic E-state index is 13.1. The fourth-order valence-corrected chi connectivity index (χ4v) is 3.74. The molecule has 4 rings (SSSR count). The Morgan fingerprint density at radius 3 is 1.86 bits per heavy atom. The van der Waals surface area contributed by atoms with Gasteiger partial charge in [-0.25, -0.2) is 4.99 Å². The van der Waals surface area contributed by atoms with Gasteiger partial charge < -0.3 is 15.3 Å². The molecule has 7 heteroatoms. The lowest BCUT2D eigenvalue weighted by atomic mass is 10.2. The highest BCUT2D eigenvalue weighted by molar-refractivity contribution is 8.19. The topological polar surface area (TPSA) is 93.4 Å². The van der Waals surface area contributed by atoms with E-state index in [4.69, 9.17) is 0 Å². The fraction of sp³-hybridized carbons (Fsp3) is 0. The number of nitrogens with zero attached hydrogens (tertiary/aromatic N) is 2. The average Bonchev–Trinajstić information content (AvgIpc) is 3.01. The Bertz CT molecular complexity index is 1110. The molecular formula is C22H16N2O4S. The van der Waals surface area contributed by atoms with Crippen molar-refractivity contribution in [2.75, 3.05) is 4.90 Å². The molecule has 1 saturated heterocycles. The third-order valence-corrected chi connectivity index (χ3v) is 5.15. The van der Waals surface area contributed by atoms with Crippen molar-refractivity contribution in [3.8, 4) is 17.2 Å². The number of amidine groups is 1. The second-order valence-electron chi connectivity index (χ2n) is 6.27. The first-order valence-electron chi connectivity index (χ1n) is 8.69. The monoisotopic (exact) mass is 404 g/mol. The summed E-state index contributed by atoms with van der Waals surface area (Å²) in [4.78, 5) is 19.6. The number of thioether (sulfide) groups is 1. The van der Waals surface area contributed by atoms with E-state index in [0.717, 1.165) is 5.56 Å². The molecule has 1 heterocycles. The Labute approximate surface area is 171 Å². The molecule has 1 aliphatic heterocycles. The maximum Gasteiger partial charge on any atom is 0.271 e. The summed E-state index contributed by atoms with van der Waals surface area (Å²) in [6.07, 6.45) is 1.74. The van der Waals surface area contributed by atoms with Gasteiger partial charge in [0.25, 0.3) is 5.91 Å². The van der Waals surface area contributed by atoms with E-state index in [2.05, 4.69) is 4.99 Å². The lowest BCUT2D eigenvalue weighted by Gasteiger charge is -2.15. The summed E-state index contributed by atoms with van der Waals surface area (Å²) < 4.78 is 0. The van der Waals surface area contributed by atoms with E-state index in [1.165, 1.54) is 40.9 Å². The van der Waals surface area contributed by atoms with Crippen molar-refractivity contribution < 1.29 is 20.1 Å². The van der Waals surface area contributed by atoms with Crippen molar-refractivity contribution in [2.24, 2.45) is 4.99 Å². The number of aliphatic imine (C=N–C) groups is 1. The number of rotatable bonds is 3. The second-order valence-corrected chi connectivity index (χ2v) is 7.28. The third kappa shape index (κ3) is 4.09. The molecule has 144 valence electrons. The van der Waals surface area contributed by atoms with Crippen molar-refractivity contribution >= 4 is 40.3 Å². The quantitative estimate of drug-likeness (QED) is 0.554. The minimum absolute atomic E-state index is 0.102. The molecule has 0 unspecified atom stereocenters. The van der Waals surface area contributed by atoms with Gasteiger partial charge in [-0.1, -0.05) is 12.1 Å². The number of hydrogen-bond donors (Lipinski definition) is 3. The highest BCUT2D eigenvalue weighted by atomic mass is 32.2. The summed E-state index contributed by atoms with van der Waals surface area (Å²) in [6, 6.07) is 19.2. The van der Waals surface area contributed by atoms with Crippen LogP contribution in [0.15, 0.2) is 82.7 Å².